The Labute approximate surface area is 178 Å². The minimum atomic E-state index is -0.542. The van der Waals surface area contributed by atoms with Crippen molar-refractivity contribution in [2.75, 3.05) is 6.61 Å². The molecule has 0 saturated carbocycles. The molecular weight excluding hydrogens is 397 g/mol. The molecule has 4 rings (SSSR count). The zero-order valence-electron chi connectivity index (χ0n) is 16.5. The van der Waals surface area contributed by atoms with E-state index in [1.165, 1.54) is 30.3 Å². The van der Waals surface area contributed by atoms with Crippen molar-refractivity contribution in [3.63, 3.8) is 0 Å². The number of halogens is 3. The van der Waals surface area contributed by atoms with Gasteiger partial charge in [-0.3, -0.25) is 0 Å². The highest BCUT2D eigenvalue weighted by Gasteiger charge is 2.09. The van der Waals surface area contributed by atoms with E-state index in [4.69, 9.17) is 4.74 Å². The molecule has 4 heteroatoms. The Morgan fingerprint density at radius 3 is 2.35 bits per heavy atom. The summed E-state index contributed by atoms with van der Waals surface area (Å²) in [6.07, 6.45) is 1.57. The van der Waals surface area contributed by atoms with Gasteiger partial charge < -0.3 is 4.74 Å². The van der Waals surface area contributed by atoms with Crippen LogP contribution in [0.2, 0.25) is 0 Å². The van der Waals surface area contributed by atoms with E-state index >= 15 is 0 Å². The van der Waals surface area contributed by atoms with Crippen molar-refractivity contribution in [1.29, 1.82) is 0 Å². The van der Waals surface area contributed by atoms with E-state index in [1.807, 2.05) is 6.07 Å². The standard InChI is InChI=1S/C27H17F3O/c1-2-13-31-24-11-12-25(27(30)17-24)22-8-7-19(26(29)16-22)5-3-18-4-6-21-15-23(28)10-9-20(21)14-18/h2,4,6-12,14-17H,1,13H2. The lowest BCUT2D eigenvalue weighted by molar-refractivity contribution is 0.361. The maximum atomic E-state index is 14.6. The molecule has 1 nitrogen and oxygen atoms in total. The Morgan fingerprint density at radius 2 is 1.58 bits per heavy atom. The molecule has 0 bridgehead atoms. The van der Waals surface area contributed by atoms with E-state index in [0.29, 0.717) is 16.9 Å². The van der Waals surface area contributed by atoms with Gasteiger partial charge in [0.2, 0.25) is 0 Å². The average molecular weight is 414 g/mol. The highest BCUT2D eigenvalue weighted by Crippen LogP contribution is 2.27. The molecule has 0 amide bonds. The van der Waals surface area contributed by atoms with Gasteiger partial charge in [-0.1, -0.05) is 42.7 Å². The molecule has 152 valence electrons. The topological polar surface area (TPSA) is 9.23 Å². The van der Waals surface area contributed by atoms with Crippen LogP contribution in [0, 0.1) is 29.3 Å². The summed E-state index contributed by atoms with van der Waals surface area (Å²) in [5, 5.41) is 1.61. The molecule has 0 fully saturated rings. The van der Waals surface area contributed by atoms with Crippen molar-refractivity contribution in [1.82, 2.24) is 0 Å². The first-order chi connectivity index (χ1) is 15.0. The van der Waals surface area contributed by atoms with Crippen LogP contribution in [-0.4, -0.2) is 6.61 Å². The summed E-state index contributed by atoms with van der Waals surface area (Å²) >= 11 is 0. The van der Waals surface area contributed by atoms with Gasteiger partial charge in [0.25, 0.3) is 0 Å². The van der Waals surface area contributed by atoms with Gasteiger partial charge in [-0.15, -0.1) is 0 Å². The smallest absolute Gasteiger partial charge is 0.139 e. The van der Waals surface area contributed by atoms with Crippen molar-refractivity contribution < 1.29 is 17.9 Å². The first-order valence-corrected chi connectivity index (χ1v) is 9.58. The molecule has 0 heterocycles. The highest BCUT2D eigenvalue weighted by atomic mass is 19.1. The summed E-state index contributed by atoms with van der Waals surface area (Å²) in [4.78, 5) is 0. The minimum absolute atomic E-state index is 0.203. The molecule has 0 aliphatic carbocycles. The normalized spacial score (nSPS) is 10.4. The summed E-state index contributed by atoms with van der Waals surface area (Å²) in [5.74, 6) is 4.76. The van der Waals surface area contributed by atoms with Crippen LogP contribution in [0.4, 0.5) is 13.2 Å². The molecule has 0 aliphatic heterocycles. The van der Waals surface area contributed by atoms with Crippen molar-refractivity contribution >= 4 is 10.8 Å². The molecule has 31 heavy (non-hydrogen) atoms. The monoisotopic (exact) mass is 414 g/mol. The predicted octanol–water partition coefficient (Wildman–Crippen LogP) is 6.89. The molecular formula is C27H17F3O. The summed E-state index contributed by atoms with van der Waals surface area (Å²) in [5.41, 5.74) is 1.56. The third-order valence-electron chi connectivity index (χ3n) is 4.73. The minimum Gasteiger partial charge on any atom is -0.489 e. The van der Waals surface area contributed by atoms with Crippen molar-refractivity contribution in [2.24, 2.45) is 0 Å². The predicted molar refractivity (Wildman–Crippen MR) is 117 cm³/mol. The van der Waals surface area contributed by atoms with Gasteiger partial charge in [-0.05, 0) is 64.9 Å². The van der Waals surface area contributed by atoms with E-state index in [1.54, 1.807) is 42.5 Å². The summed E-state index contributed by atoms with van der Waals surface area (Å²) in [6.45, 7) is 3.82. The fourth-order valence-corrected chi connectivity index (χ4v) is 3.19. The summed E-state index contributed by atoms with van der Waals surface area (Å²) in [6, 6.07) is 18.7. The maximum Gasteiger partial charge on any atom is 0.139 e. The lowest BCUT2D eigenvalue weighted by atomic mass is 10.0. The molecule has 0 atom stereocenters. The Bertz CT molecular complexity index is 1350. The number of fused-ring (bicyclic) bond motifs is 1. The zero-order chi connectivity index (χ0) is 21.8. The van der Waals surface area contributed by atoms with Crippen molar-refractivity contribution in [3.8, 4) is 28.7 Å². The largest absolute Gasteiger partial charge is 0.489 e. The molecule has 0 aromatic heterocycles. The maximum absolute atomic E-state index is 14.6. The second kappa shape index (κ2) is 8.81. The lowest BCUT2D eigenvalue weighted by Crippen LogP contribution is -1.94. The second-order valence-corrected chi connectivity index (χ2v) is 6.89. The highest BCUT2D eigenvalue weighted by molar-refractivity contribution is 5.84. The van der Waals surface area contributed by atoms with Crippen LogP contribution in [0.3, 0.4) is 0 Å². The van der Waals surface area contributed by atoms with Gasteiger partial charge >= 0.3 is 0 Å². The number of ether oxygens (including phenoxy) is 1. The van der Waals surface area contributed by atoms with Crippen LogP contribution >= 0.6 is 0 Å². The van der Waals surface area contributed by atoms with Gasteiger partial charge in [-0.25, -0.2) is 13.2 Å². The molecule has 4 aromatic carbocycles. The molecule has 0 saturated heterocycles. The Morgan fingerprint density at radius 1 is 0.774 bits per heavy atom. The van der Waals surface area contributed by atoms with Gasteiger partial charge in [0.15, 0.2) is 0 Å². The van der Waals surface area contributed by atoms with Gasteiger partial charge in [0.05, 0.1) is 5.56 Å². The summed E-state index contributed by atoms with van der Waals surface area (Å²) < 4.78 is 47.7. The van der Waals surface area contributed by atoms with Crippen LogP contribution in [0.5, 0.6) is 5.75 Å². The number of rotatable bonds is 4. The number of benzene rings is 4. The molecule has 0 N–H and O–H groups in total. The SMILES string of the molecule is C=CCOc1ccc(-c2ccc(C#Cc3ccc4cc(F)ccc4c3)c(F)c2)c(F)c1. The number of hydrogen-bond donors (Lipinski definition) is 0. The first-order valence-electron chi connectivity index (χ1n) is 9.58. The van der Waals surface area contributed by atoms with E-state index in [9.17, 15) is 13.2 Å². The van der Waals surface area contributed by atoms with E-state index in [-0.39, 0.29) is 23.6 Å². The molecule has 0 unspecified atom stereocenters. The third kappa shape index (κ3) is 4.62. The van der Waals surface area contributed by atoms with Crippen LogP contribution in [-0.2, 0) is 0 Å². The quantitative estimate of drug-likeness (QED) is 0.261. The van der Waals surface area contributed by atoms with Crippen LogP contribution in [0.25, 0.3) is 21.9 Å². The van der Waals surface area contributed by atoms with Gasteiger partial charge in [0.1, 0.15) is 29.8 Å². The van der Waals surface area contributed by atoms with Crippen LogP contribution < -0.4 is 4.74 Å². The lowest BCUT2D eigenvalue weighted by Gasteiger charge is -2.08. The fraction of sp³-hybridized carbons (Fsp3) is 0.0370. The first kappa shape index (κ1) is 20.3. The Kier molecular flexibility index (Phi) is 5.77. The molecule has 0 aliphatic rings. The van der Waals surface area contributed by atoms with Crippen molar-refractivity contribution in [2.45, 2.75) is 0 Å². The Balaban J connectivity index is 1.59. The van der Waals surface area contributed by atoms with E-state index in [0.717, 1.165) is 10.8 Å². The van der Waals surface area contributed by atoms with Crippen molar-refractivity contribution in [3.05, 3.63) is 114 Å². The van der Waals surface area contributed by atoms with Crippen LogP contribution in [0.1, 0.15) is 11.1 Å². The van der Waals surface area contributed by atoms with E-state index in [2.05, 4.69) is 18.4 Å². The zero-order valence-corrected chi connectivity index (χ0v) is 16.5. The second-order valence-electron chi connectivity index (χ2n) is 6.89. The third-order valence-corrected chi connectivity index (χ3v) is 4.73. The molecule has 0 radical (unpaired) electrons. The molecule has 0 spiro atoms. The van der Waals surface area contributed by atoms with Gasteiger partial charge in [-0.2, -0.15) is 0 Å². The van der Waals surface area contributed by atoms with Crippen LogP contribution in [0.15, 0.2) is 85.5 Å². The summed E-state index contributed by atoms with van der Waals surface area (Å²) in [7, 11) is 0. The van der Waals surface area contributed by atoms with Gasteiger partial charge in [0, 0.05) is 17.2 Å². The van der Waals surface area contributed by atoms with E-state index < -0.39 is 11.6 Å². The Hall–Kier alpha value is -3.97. The molecule has 4 aromatic rings. The number of hydrogen-bond acceptors (Lipinski definition) is 1. The average Bonchev–Trinajstić information content (AvgIpc) is 2.77. The fourth-order valence-electron chi connectivity index (χ4n) is 3.19.